The summed E-state index contributed by atoms with van der Waals surface area (Å²) in [5.74, 6) is 0.520. The SMILES string of the molecule is CC1=NN2C(=N)C(=Cc3cn(CCOc4cc(C)ccc4C)c4ccccc34)C(=O)N=C2S1. The summed E-state index contributed by atoms with van der Waals surface area (Å²) in [5, 5.41) is 16.4. The van der Waals surface area contributed by atoms with E-state index in [0.717, 1.165) is 38.4 Å². The Hall–Kier alpha value is -3.65. The van der Waals surface area contributed by atoms with Crippen LogP contribution in [0.15, 0.2) is 64.3 Å². The van der Waals surface area contributed by atoms with Gasteiger partial charge >= 0.3 is 0 Å². The summed E-state index contributed by atoms with van der Waals surface area (Å²) < 4.78 is 8.17. The number of ether oxygens (including phenoxy) is 1. The number of amides is 1. The van der Waals surface area contributed by atoms with E-state index in [2.05, 4.69) is 39.8 Å². The van der Waals surface area contributed by atoms with Gasteiger partial charge in [-0.1, -0.05) is 30.3 Å². The molecular weight excluding hydrogens is 434 g/mol. The molecule has 0 saturated heterocycles. The minimum atomic E-state index is -0.418. The monoisotopic (exact) mass is 457 g/mol. The summed E-state index contributed by atoms with van der Waals surface area (Å²) in [6.07, 6.45) is 3.74. The predicted octanol–water partition coefficient (Wildman–Crippen LogP) is 4.98. The van der Waals surface area contributed by atoms with Crippen molar-refractivity contribution in [3.05, 3.63) is 70.9 Å². The highest BCUT2D eigenvalue weighted by Crippen LogP contribution is 2.30. The van der Waals surface area contributed by atoms with Crippen molar-refractivity contribution in [2.75, 3.05) is 6.61 Å². The Kier molecular flexibility index (Phi) is 5.38. The number of aliphatic imine (C=N–C) groups is 1. The molecule has 0 fully saturated rings. The number of thioether (sulfide) groups is 1. The molecule has 3 heterocycles. The van der Waals surface area contributed by atoms with Gasteiger partial charge in [-0.05, 0) is 61.9 Å². The fourth-order valence-electron chi connectivity index (χ4n) is 3.94. The van der Waals surface area contributed by atoms with E-state index >= 15 is 0 Å². The van der Waals surface area contributed by atoms with Gasteiger partial charge in [0, 0.05) is 22.7 Å². The molecule has 2 aromatic carbocycles. The first-order valence-corrected chi connectivity index (χ1v) is 11.5. The van der Waals surface area contributed by atoms with Crippen LogP contribution in [0.3, 0.4) is 0 Å². The molecular formula is C25H23N5O2S. The number of hydrazone groups is 1. The predicted molar refractivity (Wildman–Crippen MR) is 134 cm³/mol. The lowest BCUT2D eigenvalue weighted by Gasteiger charge is -2.20. The molecule has 1 N–H and O–H groups in total. The van der Waals surface area contributed by atoms with Crippen molar-refractivity contribution in [3.8, 4) is 5.75 Å². The summed E-state index contributed by atoms with van der Waals surface area (Å²) >= 11 is 1.30. The Morgan fingerprint density at radius 2 is 1.97 bits per heavy atom. The second kappa shape index (κ2) is 8.37. The molecule has 0 radical (unpaired) electrons. The van der Waals surface area contributed by atoms with Gasteiger partial charge in [0.2, 0.25) is 5.17 Å². The molecule has 8 heteroatoms. The van der Waals surface area contributed by atoms with Crippen molar-refractivity contribution >= 4 is 50.7 Å². The number of carbonyl (C=O) groups excluding carboxylic acids is 1. The Balaban J connectivity index is 1.44. The maximum Gasteiger partial charge on any atom is 0.283 e. The third-order valence-electron chi connectivity index (χ3n) is 5.61. The van der Waals surface area contributed by atoms with E-state index in [1.165, 1.54) is 16.8 Å². The average molecular weight is 458 g/mol. The Labute approximate surface area is 196 Å². The maximum atomic E-state index is 12.7. The van der Waals surface area contributed by atoms with Crippen LogP contribution in [0.1, 0.15) is 23.6 Å². The normalized spacial score (nSPS) is 16.9. The molecule has 5 rings (SSSR count). The zero-order valence-corrected chi connectivity index (χ0v) is 19.4. The smallest absolute Gasteiger partial charge is 0.283 e. The number of nitrogens with one attached hydrogen (secondary N) is 1. The molecule has 0 spiro atoms. The van der Waals surface area contributed by atoms with Crippen molar-refractivity contribution in [1.82, 2.24) is 9.58 Å². The highest BCUT2D eigenvalue weighted by atomic mass is 32.2. The van der Waals surface area contributed by atoms with Gasteiger partial charge in [-0.25, -0.2) is 0 Å². The summed E-state index contributed by atoms with van der Waals surface area (Å²) in [4.78, 5) is 16.8. The van der Waals surface area contributed by atoms with Crippen LogP contribution in [0.2, 0.25) is 0 Å². The molecule has 0 bridgehead atoms. The third kappa shape index (κ3) is 3.98. The first-order valence-electron chi connectivity index (χ1n) is 10.7. The number of hydrogen-bond donors (Lipinski definition) is 1. The van der Waals surface area contributed by atoms with Crippen LogP contribution >= 0.6 is 11.8 Å². The van der Waals surface area contributed by atoms with E-state index in [0.29, 0.717) is 18.3 Å². The molecule has 0 saturated carbocycles. The standard InChI is InChI=1S/C25H23N5O2S/c1-15-8-9-16(2)22(12-15)32-11-10-29-14-18(19-6-4-5-7-21(19)29)13-20-23(26)30-25(27-24(20)31)33-17(3)28-30/h4-9,12-14,26H,10-11H2,1-3H3. The average Bonchev–Trinajstić information content (AvgIpc) is 3.33. The van der Waals surface area contributed by atoms with Crippen LogP contribution in [-0.4, -0.2) is 38.1 Å². The molecule has 2 aliphatic rings. The van der Waals surface area contributed by atoms with Crippen molar-refractivity contribution < 1.29 is 9.53 Å². The zero-order chi connectivity index (χ0) is 23.1. The summed E-state index contributed by atoms with van der Waals surface area (Å²) in [5.41, 5.74) is 4.40. The fraction of sp³-hybridized carbons (Fsp3) is 0.200. The van der Waals surface area contributed by atoms with Gasteiger partial charge in [0.1, 0.15) is 12.4 Å². The number of nitrogens with zero attached hydrogens (tertiary/aromatic N) is 4. The fourth-order valence-corrected chi connectivity index (χ4v) is 4.67. The molecule has 0 unspecified atom stereocenters. The van der Waals surface area contributed by atoms with Crippen molar-refractivity contribution in [3.63, 3.8) is 0 Å². The number of benzene rings is 2. The Morgan fingerprint density at radius 1 is 1.15 bits per heavy atom. The highest BCUT2D eigenvalue weighted by molar-refractivity contribution is 8.26. The number of hydrogen-bond acceptors (Lipinski definition) is 5. The van der Waals surface area contributed by atoms with E-state index in [1.807, 2.05) is 44.3 Å². The van der Waals surface area contributed by atoms with E-state index < -0.39 is 5.91 Å². The van der Waals surface area contributed by atoms with Gasteiger partial charge < -0.3 is 9.30 Å². The maximum absolute atomic E-state index is 12.7. The van der Waals surface area contributed by atoms with E-state index in [-0.39, 0.29) is 11.4 Å². The number of rotatable bonds is 5. The van der Waals surface area contributed by atoms with Crippen LogP contribution in [-0.2, 0) is 11.3 Å². The number of aromatic nitrogens is 1. The van der Waals surface area contributed by atoms with Crippen LogP contribution < -0.4 is 4.74 Å². The number of para-hydroxylation sites is 1. The van der Waals surface area contributed by atoms with Crippen LogP contribution in [0.5, 0.6) is 5.75 Å². The molecule has 33 heavy (non-hydrogen) atoms. The quantitative estimate of drug-likeness (QED) is 0.548. The van der Waals surface area contributed by atoms with Gasteiger partial charge in [-0.3, -0.25) is 10.2 Å². The summed E-state index contributed by atoms with van der Waals surface area (Å²) in [7, 11) is 0. The van der Waals surface area contributed by atoms with E-state index in [1.54, 1.807) is 6.08 Å². The van der Waals surface area contributed by atoms with Crippen molar-refractivity contribution in [2.45, 2.75) is 27.3 Å². The molecule has 1 aromatic heterocycles. The molecule has 1 amide bonds. The van der Waals surface area contributed by atoms with Crippen LogP contribution in [0.4, 0.5) is 0 Å². The molecule has 166 valence electrons. The second-order valence-corrected chi connectivity index (χ2v) is 9.21. The van der Waals surface area contributed by atoms with Crippen LogP contribution in [0, 0.1) is 19.3 Å². The first kappa shape index (κ1) is 21.2. The minimum absolute atomic E-state index is 0.0458. The van der Waals surface area contributed by atoms with Gasteiger partial charge in [0.15, 0.2) is 5.84 Å². The number of aryl methyl sites for hydroxylation is 2. The van der Waals surface area contributed by atoms with Gasteiger partial charge in [0.05, 0.1) is 17.2 Å². The van der Waals surface area contributed by atoms with E-state index in [9.17, 15) is 4.79 Å². The minimum Gasteiger partial charge on any atom is -0.491 e. The number of fused-ring (bicyclic) bond motifs is 2. The van der Waals surface area contributed by atoms with E-state index in [4.69, 9.17) is 10.1 Å². The van der Waals surface area contributed by atoms with Crippen molar-refractivity contribution in [2.24, 2.45) is 10.1 Å². The first-order chi connectivity index (χ1) is 15.9. The molecule has 0 atom stereocenters. The highest BCUT2D eigenvalue weighted by Gasteiger charge is 2.34. The lowest BCUT2D eigenvalue weighted by molar-refractivity contribution is -0.114. The second-order valence-electron chi connectivity index (χ2n) is 8.05. The summed E-state index contributed by atoms with van der Waals surface area (Å²) in [6, 6.07) is 14.2. The van der Waals surface area contributed by atoms with Crippen molar-refractivity contribution in [1.29, 1.82) is 5.41 Å². The Morgan fingerprint density at radius 3 is 2.82 bits per heavy atom. The lowest BCUT2D eigenvalue weighted by Crippen LogP contribution is -2.35. The molecule has 3 aromatic rings. The van der Waals surface area contributed by atoms with Gasteiger partial charge in [-0.15, -0.1) is 0 Å². The third-order valence-corrected chi connectivity index (χ3v) is 6.43. The topological polar surface area (TPSA) is 83.0 Å². The summed E-state index contributed by atoms with van der Waals surface area (Å²) in [6.45, 7) is 7.09. The molecule has 0 aliphatic carbocycles. The lowest BCUT2D eigenvalue weighted by atomic mass is 10.1. The zero-order valence-electron chi connectivity index (χ0n) is 18.6. The molecule has 2 aliphatic heterocycles. The molecule has 7 nitrogen and oxygen atoms in total. The largest absolute Gasteiger partial charge is 0.491 e. The van der Waals surface area contributed by atoms with Crippen LogP contribution in [0.25, 0.3) is 17.0 Å². The number of amidine groups is 2. The number of carbonyl (C=O) groups is 1. The van der Waals surface area contributed by atoms with Gasteiger partial charge in [-0.2, -0.15) is 15.1 Å². The van der Waals surface area contributed by atoms with Gasteiger partial charge in [0.25, 0.3) is 5.91 Å². The Bertz CT molecular complexity index is 1400.